The predicted molar refractivity (Wildman–Crippen MR) is 39.6 cm³/mol. The quantitative estimate of drug-likeness (QED) is 0.578. The Labute approximate surface area is 61.1 Å². The molecule has 0 N–H and O–H groups in total. The van der Waals surface area contributed by atoms with Gasteiger partial charge in [-0.15, -0.1) is 0 Å². The molecule has 0 aromatic rings. The van der Waals surface area contributed by atoms with Crippen LogP contribution in [-0.4, -0.2) is 20.3 Å². The van der Waals surface area contributed by atoms with Gasteiger partial charge < -0.3 is 9.47 Å². The second-order valence-electron chi connectivity index (χ2n) is 2.18. The van der Waals surface area contributed by atoms with Gasteiger partial charge in [-0.2, -0.15) is 0 Å². The molecular formula is C8H12O2. The fourth-order valence-electron chi connectivity index (χ4n) is 0.907. The Balaban J connectivity index is 2.46. The van der Waals surface area contributed by atoms with Crippen molar-refractivity contribution < 1.29 is 9.47 Å². The summed E-state index contributed by atoms with van der Waals surface area (Å²) in [5, 5.41) is 0. The van der Waals surface area contributed by atoms with E-state index in [0.29, 0.717) is 0 Å². The van der Waals surface area contributed by atoms with Crippen molar-refractivity contribution in [1.29, 1.82) is 0 Å². The molecular weight excluding hydrogens is 128 g/mol. The van der Waals surface area contributed by atoms with Crippen molar-refractivity contribution in [3.8, 4) is 0 Å². The van der Waals surface area contributed by atoms with Gasteiger partial charge in [0, 0.05) is 7.11 Å². The Hall–Kier alpha value is -0.760. The summed E-state index contributed by atoms with van der Waals surface area (Å²) in [6.07, 6.45) is 7.10. The van der Waals surface area contributed by atoms with Gasteiger partial charge in [0.2, 0.25) is 0 Å². The van der Waals surface area contributed by atoms with Crippen LogP contribution in [-0.2, 0) is 9.47 Å². The molecule has 10 heavy (non-hydrogen) atoms. The summed E-state index contributed by atoms with van der Waals surface area (Å²) in [7, 11) is 3.38. The van der Waals surface area contributed by atoms with Crippen LogP contribution in [0.1, 0.15) is 6.42 Å². The summed E-state index contributed by atoms with van der Waals surface area (Å²) in [6, 6.07) is 0. The third-order valence-electron chi connectivity index (χ3n) is 1.56. The minimum atomic E-state index is 0.235. The van der Waals surface area contributed by atoms with E-state index >= 15 is 0 Å². The standard InChI is InChI=1S/C8H12O2/c1-9-7-3-5-8(10-2)6-4-7/h3-5,8H,6H2,1-2H3. The first-order valence-corrected chi connectivity index (χ1v) is 3.32. The molecule has 1 rings (SSSR count). The zero-order valence-corrected chi connectivity index (χ0v) is 6.33. The van der Waals surface area contributed by atoms with Gasteiger partial charge >= 0.3 is 0 Å². The van der Waals surface area contributed by atoms with E-state index in [1.54, 1.807) is 14.2 Å². The van der Waals surface area contributed by atoms with Crippen molar-refractivity contribution in [1.82, 2.24) is 0 Å². The van der Waals surface area contributed by atoms with E-state index in [2.05, 4.69) is 0 Å². The predicted octanol–water partition coefficient (Wildman–Crippen LogP) is 1.49. The molecule has 0 fully saturated rings. The van der Waals surface area contributed by atoms with Crippen molar-refractivity contribution >= 4 is 0 Å². The summed E-state index contributed by atoms with van der Waals surface area (Å²) in [5.74, 6) is 0.924. The molecule has 1 aliphatic carbocycles. The van der Waals surface area contributed by atoms with E-state index in [-0.39, 0.29) is 6.10 Å². The Morgan fingerprint density at radius 1 is 1.50 bits per heavy atom. The second kappa shape index (κ2) is 3.42. The normalized spacial score (nSPS) is 24.2. The maximum Gasteiger partial charge on any atom is 0.114 e. The first kappa shape index (κ1) is 7.35. The highest BCUT2D eigenvalue weighted by molar-refractivity contribution is 5.18. The SMILES string of the molecule is COC1=CCC(OC)C=C1. The lowest BCUT2D eigenvalue weighted by atomic mass is 10.1. The molecule has 2 heteroatoms. The van der Waals surface area contributed by atoms with Gasteiger partial charge in [-0.05, 0) is 18.6 Å². The molecule has 56 valence electrons. The molecule has 0 radical (unpaired) electrons. The molecule has 1 aliphatic rings. The highest BCUT2D eigenvalue weighted by Gasteiger charge is 2.05. The lowest BCUT2D eigenvalue weighted by molar-refractivity contribution is 0.139. The number of hydrogen-bond donors (Lipinski definition) is 0. The Morgan fingerprint density at radius 2 is 2.30 bits per heavy atom. The molecule has 1 atom stereocenters. The highest BCUT2D eigenvalue weighted by Crippen LogP contribution is 2.12. The van der Waals surface area contributed by atoms with Crippen LogP contribution >= 0.6 is 0 Å². The second-order valence-corrected chi connectivity index (χ2v) is 2.18. The van der Waals surface area contributed by atoms with E-state index < -0.39 is 0 Å². The van der Waals surface area contributed by atoms with Gasteiger partial charge in [0.15, 0.2) is 0 Å². The van der Waals surface area contributed by atoms with Crippen molar-refractivity contribution in [3.05, 3.63) is 24.0 Å². The molecule has 0 amide bonds. The molecule has 0 bridgehead atoms. The molecule has 0 heterocycles. The van der Waals surface area contributed by atoms with Crippen molar-refractivity contribution in [2.45, 2.75) is 12.5 Å². The monoisotopic (exact) mass is 140 g/mol. The number of ether oxygens (including phenoxy) is 2. The Morgan fingerprint density at radius 3 is 2.70 bits per heavy atom. The summed E-state index contributed by atoms with van der Waals surface area (Å²) in [5.41, 5.74) is 0. The van der Waals surface area contributed by atoms with Crippen molar-refractivity contribution in [2.75, 3.05) is 14.2 Å². The van der Waals surface area contributed by atoms with Crippen LogP contribution in [0.15, 0.2) is 24.0 Å². The summed E-state index contributed by atoms with van der Waals surface area (Å²) >= 11 is 0. The molecule has 0 aliphatic heterocycles. The van der Waals surface area contributed by atoms with Gasteiger partial charge in [-0.3, -0.25) is 0 Å². The lowest BCUT2D eigenvalue weighted by Gasteiger charge is -2.13. The van der Waals surface area contributed by atoms with Crippen LogP contribution in [0.3, 0.4) is 0 Å². The molecule has 0 spiro atoms. The fraction of sp³-hybridized carbons (Fsp3) is 0.500. The van der Waals surface area contributed by atoms with Crippen LogP contribution in [0.5, 0.6) is 0 Å². The fourth-order valence-corrected chi connectivity index (χ4v) is 0.907. The van der Waals surface area contributed by atoms with E-state index in [9.17, 15) is 0 Å². The molecule has 2 nitrogen and oxygen atoms in total. The molecule has 0 aromatic heterocycles. The van der Waals surface area contributed by atoms with Crippen LogP contribution in [0, 0.1) is 0 Å². The first-order valence-electron chi connectivity index (χ1n) is 3.32. The molecule has 0 aromatic carbocycles. The van der Waals surface area contributed by atoms with E-state index in [4.69, 9.17) is 9.47 Å². The highest BCUT2D eigenvalue weighted by atomic mass is 16.5. The van der Waals surface area contributed by atoms with E-state index in [0.717, 1.165) is 12.2 Å². The third-order valence-corrected chi connectivity index (χ3v) is 1.56. The topological polar surface area (TPSA) is 18.5 Å². The Bertz CT molecular complexity index is 159. The zero-order valence-electron chi connectivity index (χ0n) is 6.33. The minimum absolute atomic E-state index is 0.235. The summed E-state index contributed by atoms with van der Waals surface area (Å²) < 4.78 is 10.1. The van der Waals surface area contributed by atoms with Gasteiger partial charge in [-0.25, -0.2) is 0 Å². The van der Waals surface area contributed by atoms with Gasteiger partial charge in [0.05, 0.1) is 13.2 Å². The largest absolute Gasteiger partial charge is 0.497 e. The average Bonchev–Trinajstić information content (AvgIpc) is 2.05. The van der Waals surface area contributed by atoms with Crippen LogP contribution in [0.4, 0.5) is 0 Å². The third kappa shape index (κ3) is 1.61. The van der Waals surface area contributed by atoms with Crippen LogP contribution in [0.2, 0.25) is 0 Å². The number of hydrogen-bond acceptors (Lipinski definition) is 2. The van der Waals surface area contributed by atoms with Crippen LogP contribution in [0.25, 0.3) is 0 Å². The number of allylic oxidation sites excluding steroid dienone is 1. The van der Waals surface area contributed by atoms with Gasteiger partial charge in [0.25, 0.3) is 0 Å². The first-order chi connectivity index (χ1) is 4.86. The maximum absolute atomic E-state index is 5.10. The van der Waals surface area contributed by atoms with Gasteiger partial charge in [0.1, 0.15) is 5.76 Å². The van der Waals surface area contributed by atoms with E-state index in [1.165, 1.54) is 0 Å². The molecule has 0 saturated heterocycles. The summed E-state index contributed by atoms with van der Waals surface area (Å²) in [6.45, 7) is 0. The number of rotatable bonds is 2. The minimum Gasteiger partial charge on any atom is -0.497 e. The molecule has 1 unspecified atom stereocenters. The Kier molecular flexibility index (Phi) is 2.51. The van der Waals surface area contributed by atoms with Crippen molar-refractivity contribution in [2.24, 2.45) is 0 Å². The zero-order chi connectivity index (χ0) is 7.40. The number of methoxy groups -OCH3 is 2. The maximum atomic E-state index is 5.10. The smallest absolute Gasteiger partial charge is 0.114 e. The van der Waals surface area contributed by atoms with Gasteiger partial charge in [-0.1, -0.05) is 6.08 Å². The van der Waals surface area contributed by atoms with E-state index in [1.807, 2.05) is 18.2 Å². The lowest BCUT2D eigenvalue weighted by Crippen LogP contribution is -2.08. The summed E-state index contributed by atoms with van der Waals surface area (Å²) in [4.78, 5) is 0. The molecule has 0 saturated carbocycles. The average molecular weight is 140 g/mol. The van der Waals surface area contributed by atoms with Crippen molar-refractivity contribution in [3.63, 3.8) is 0 Å². The van der Waals surface area contributed by atoms with Crippen LogP contribution < -0.4 is 0 Å².